The van der Waals surface area contributed by atoms with Crippen molar-refractivity contribution >= 4 is 37.4 Å². The summed E-state index contributed by atoms with van der Waals surface area (Å²) in [5.74, 6) is -0.762. The third kappa shape index (κ3) is 9.98. The molecule has 2 aliphatic rings. The fraction of sp³-hybridized carbons (Fsp3) is 0.281. The Bertz CT molecular complexity index is 1630. The molecule has 0 aromatic heterocycles. The van der Waals surface area contributed by atoms with Crippen molar-refractivity contribution in [1.82, 2.24) is 25.1 Å². The van der Waals surface area contributed by atoms with Crippen LogP contribution in [0.25, 0.3) is 0 Å². The van der Waals surface area contributed by atoms with Gasteiger partial charge in [-0.3, -0.25) is 9.59 Å². The number of carbonyl (C=O) groups excluding carboxylic acids is 3. The zero-order valence-electron chi connectivity index (χ0n) is 27.2. The number of nitrogens with zero attached hydrogens (tertiary/aromatic N) is 4. The Balaban J connectivity index is 0.00000312. The summed E-state index contributed by atoms with van der Waals surface area (Å²) in [6.45, 7) is 4.50. The number of hydrogen-bond donors (Lipinski definition) is 1. The number of rotatable bonds is 11. The van der Waals surface area contributed by atoms with Gasteiger partial charge in [-0.25, -0.2) is 14.8 Å². The van der Waals surface area contributed by atoms with Crippen LogP contribution >= 0.6 is 19.6 Å². The van der Waals surface area contributed by atoms with Crippen LogP contribution in [0.1, 0.15) is 16.7 Å². The number of amides is 4. The van der Waals surface area contributed by atoms with Crippen molar-refractivity contribution in [2.75, 3.05) is 25.9 Å². The van der Waals surface area contributed by atoms with E-state index in [1.807, 2.05) is 60.9 Å². The number of phosphoric acid groups is 1. The molecule has 2 aliphatic heterocycles. The summed E-state index contributed by atoms with van der Waals surface area (Å²) in [5, 5.41) is 6.11. The van der Waals surface area contributed by atoms with Gasteiger partial charge in [0.05, 0.1) is 13.1 Å². The maximum atomic E-state index is 14.2. The second-order valence-corrected chi connectivity index (χ2v) is 12.8. The second-order valence-electron chi connectivity index (χ2n) is 10.8. The first kappa shape index (κ1) is 40.3. The average molecular weight is 710 g/mol. The van der Waals surface area contributed by atoms with E-state index < -0.39 is 26.1 Å². The molecule has 2 heterocycles. The molecule has 0 unspecified atom stereocenters. The summed E-state index contributed by atoms with van der Waals surface area (Å²) >= 11 is 1.56. The number of piperazine rings is 1. The fourth-order valence-corrected chi connectivity index (χ4v) is 6.77. The largest absolute Gasteiger partial charge is 1.00 e. The Kier molecular flexibility index (Phi) is 15.3. The van der Waals surface area contributed by atoms with E-state index in [2.05, 4.69) is 16.4 Å². The zero-order valence-corrected chi connectivity index (χ0v) is 32.9. The van der Waals surface area contributed by atoms with E-state index in [1.54, 1.807) is 27.7 Å². The summed E-state index contributed by atoms with van der Waals surface area (Å²) < 4.78 is 15.5. The van der Waals surface area contributed by atoms with Crippen LogP contribution in [0.4, 0.5) is 4.79 Å². The molecule has 0 bridgehead atoms. The number of carbonyl (C=O) groups is 3. The van der Waals surface area contributed by atoms with E-state index in [4.69, 9.17) is 0 Å². The Labute approximate surface area is 328 Å². The maximum absolute atomic E-state index is 14.2. The SMILES string of the molecule is C=CCN1CC(=O)N2[C@@H](Cc3ccc(OP(=O)([O-])[O-])cc3)C(=O)N(Cc3ccccc3SC)C[C@@H]2N1C(=O)NCc1ccccc1.[Na+].[Na+]. The molecule has 0 spiro atoms. The molecule has 48 heavy (non-hydrogen) atoms. The van der Waals surface area contributed by atoms with Crippen molar-refractivity contribution in [3.05, 3.63) is 108 Å². The van der Waals surface area contributed by atoms with Crippen LogP contribution in [-0.4, -0.2) is 75.8 Å². The topological polar surface area (TPSA) is 149 Å². The molecule has 2 fully saturated rings. The summed E-state index contributed by atoms with van der Waals surface area (Å²) in [5.41, 5.74) is 2.44. The predicted octanol–water partition coefficient (Wildman–Crippen LogP) is -3.64. The molecule has 4 amide bonds. The molecule has 242 valence electrons. The van der Waals surface area contributed by atoms with E-state index in [9.17, 15) is 28.7 Å². The number of hydrogen-bond acceptors (Lipinski definition) is 9. The minimum absolute atomic E-state index is 0. The van der Waals surface area contributed by atoms with Crippen molar-refractivity contribution in [3.8, 4) is 5.75 Å². The third-order valence-electron chi connectivity index (χ3n) is 7.79. The summed E-state index contributed by atoms with van der Waals surface area (Å²) in [4.78, 5) is 68.2. The van der Waals surface area contributed by atoms with Gasteiger partial charge in [0.15, 0.2) is 0 Å². The smallest absolute Gasteiger partial charge is 0.780 e. The van der Waals surface area contributed by atoms with E-state index in [0.29, 0.717) is 5.56 Å². The van der Waals surface area contributed by atoms with Crippen LogP contribution in [0.15, 0.2) is 96.4 Å². The van der Waals surface area contributed by atoms with Crippen molar-refractivity contribution in [1.29, 1.82) is 0 Å². The first-order chi connectivity index (χ1) is 22.1. The van der Waals surface area contributed by atoms with Crippen molar-refractivity contribution < 1.29 is 92.4 Å². The van der Waals surface area contributed by atoms with Gasteiger partial charge in [0.2, 0.25) is 11.8 Å². The Morgan fingerprint density at radius 3 is 2.33 bits per heavy atom. The Hall–Kier alpha value is -2.13. The number of benzene rings is 3. The molecule has 1 N–H and O–H groups in total. The molecule has 3 aromatic carbocycles. The average Bonchev–Trinajstić information content (AvgIpc) is 3.03. The van der Waals surface area contributed by atoms with Gasteiger partial charge < -0.3 is 34.0 Å². The molecule has 2 atom stereocenters. The second kappa shape index (κ2) is 18.2. The van der Waals surface area contributed by atoms with Gasteiger partial charge in [-0.15, -0.1) is 18.3 Å². The molecule has 3 aromatic rings. The van der Waals surface area contributed by atoms with Crippen LogP contribution in [0.2, 0.25) is 0 Å². The van der Waals surface area contributed by atoms with Gasteiger partial charge in [-0.1, -0.05) is 66.7 Å². The molecule has 2 saturated heterocycles. The molecule has 0 aliphatic carbocycles. The maximum Gasteiger partial charge on any atom is 1.00 e. The van der Waals surface area contributed by atoms with Crippen LogP contribution in [-0.2, 0) is 33.7 Å². The van der Waals surface area contributed by atoms with Crippen LogP contribution < -0.4 is 78.7 Å². The van der Waals surface area contributed by atoms with E-state index in [-0.39, 0.29) is 116 Å². The number of urea groups is 1. The fourth-order valence-electron chi connectivity index (χ4n) is 5.78. The van der Waals surface area contributed by atoms with Crippen LogP contribution in [0.5, 0.6) is 5.75 Å². The first-order valence-electron chi connectivity index (χ1n) is 14.6. The summed E-state index contributed by atoms with van der Waals surface area (Å²) in [6, 6.07) is 21.5. The molecule has 5 rings (SSSR count). The number of phosphoric ester groups is 1. The van der Waals surface area contributed by atoms with Gasteiger partial charge in [-0.2, -0.15) is 0 Å². The summed E-state index contributed by atoms with van der Waals surface area (Å²) in [7, 11) is -5.25. The minimum Gasteiger partial charge on any atom is -0.780 e. The van der Waals surface area contributed by atoms with Crippen LogP contribution in [0, 0.1) is 0 Å². The quantitative estimate of drug-likeness (QED) is 0.0922. The zero-order chi connectivity index (χ0) is 32.8. The molecule has 0 saturated carbocycles. The molecule has 16 heteroatoms. The van der Waals surface area contributed by atoms with Gasteiger partial charge in [0.25, 0.3) is 0 Å². The van der Waals surface area contributed by atoms with Crippen molar-refractivity contribution in [2.24, 2.45) is 0 Å². The number of nitrogens with one attached hydrogen (secondary N) is 1. The number of fused-ring (bicyclic) bond motifs is 1. The van der Waals surface area contributed by atoms with Gasteiger partial charge >= 0.3 is 65.1 Å². The molecular weight excluding hydrogens is 675 g/mol. The van der Waals surface area contributed by atoms with Crippen LogP contribution in [0.3, 0.4) is 0 Å². The van der Waals surface area contributed by atoms with Gasteiger partial charge in [0.1, 0.15) is 25.8 Å². The third-order valence-corrected chi connectivity index (χ3v) is 9.06. The normalized spacial score (nSPS) is 17.9. The molecular formula is C32H34N5Na2O7PS. The summed E-state index contributed by atoms with van der Waals surface area (Å²) in [6.07, 6.45) is 2.83. The minimum atomic E-state index is -5.25. The van der Waals surface area contributed by atoms with E-state index >= 15 is 0 Å². The van der Waals surface area contributed by atoms with Gasteiger partial charge in [0, 0.05) is 31.0 Å². The number of thioether (sulfide) groups is 1. The molecule has 0 radical (unpaired) electrons. The predicted molar refractivity (Wildman–Crippen MR) is 169 cm³/mol. The molecule has 12 nitrogen and oxygen atoms in total. The van der Waals surface area contributed by atoms with Gasteiger partial charge in [-0.05, 0) is 41.1 Å². The van der Waals surface area contributed by atoms with E-state index in [1.165, 1.54) is 34.2 Å². The monoisotopic (exact) mass is 709 g/mol. The van der Waals surface area contributed by atoms with E-state index in [0.717, 1.165) is 16.0 Å². The first-order valence-corrected chi connectivity index (χ1v) is 17.3. The van der Waals surface area contributed by atoms with Crippen molar-refractivity contribution in [2.45, 2.75) is 36.6 Å². The Morgan fingerprint density at radius 2 is 1.69 bits per heavy atom. The number of hydrazine groups is 1. The Morgan fingerprint density at radius 1 is 1.02 bits per heavy atom. The standard InChI is InChI=1S/C32H36N5O7PS.2Na/c1-3-17-35-22-30(38)36-27(18-23-13-15-26(16-14-23)44-45(41,42)43)31(39)34(20-25-11-7-8-12-28(25)46-2)21-29(36)37(35)32(40)33-19-24-9-5-4-6-10-24;;/h3-16,27,29H,1,17-22H2,2H3,(H,33,40)(H2,41,42,43);;/q;2*+1/p-2/t27-,29-;;/m0../s1. The van der Waals surface area contributed by atoms with Crippen molar-refractivity contribution in [3.63, 3.8) is 0 Å².